The Morgan fingerprint density at radius 1 is 1.45 bits per heavy atom. The second kappa shape index (κ2) is 7.24. The summed E-state index contributed by atoms with van der Waals surface area (Å²) in [6.45, 7) is 4.84. The number of aliphatic hydroxyl groups is 1. The zero-order valence-electron chi connectivity index (χ0n) is 11.8. The second-order valence-corrected chi connectivity index (χ2v) is 5.32. The molecular formula is C12H22F3N3O2. The highest BCUT2D eigenvalue weighted by Crippen LogP contribution is 2.12. The van der Waals surface area contributed by atoms with Crippen LogP contribution in [0.5, 0.6) is 0 Å². The van der Waals surface area contributed by atoms with Gasteiger partial charge in [0.15, 0.2) is 0 Å². The molecule has 1 heterocycles. The third kappa shape index (κ3) is 6.53. The van der Waals surface area contributed by atoms with Gasteiger partial charge in [-0.25, -0.2) is 0 Å². The molecule has 5 nitrogen and oxygen atoms in total. The first-order valence-corrected chi connectivity index (χ1v) is 6.65. The van der Waals surface area contributed by atoms with Crippen LogP contribution in [0.15, 0.2) is 0 Å². The molecule has 0 bridgehead atoms. The third-order valence-corrected chi connectivity index (χ3v) is 3.20. The number of β-amino-alcohol motifs (C(OH)–C–C–N with tert-alkyl or cyclic N) is 1. The predicted molar refractivity (Wildman–Crippen MR) is 68.2 cm³/mol. The van der Waals surface area contributed by atoms with E-state index in [9.17, 15) is 23.1 Å². The molecule has 1 aliphatic rings. The minimum Gasteiger partial charge on any atom is -0.392 e. The van der Waals surface area contributed by atoms with Crippen LogP contribution in [0.1, 0.15) is 13.8 Å². The molecule has 0 unspecified atom stereocenters. The van der Waals surface area contributed by atoms with Crippen LogP contribution < -0.4 is 5.32 Å². The van der Waals surface area contributed by atoms with E-state index in [1.165, 1.54) is 0 Å². The molecule has 1 rings (SSSR count). The van der Waals surface area contributed by atoms with Gasteiger partial charge in [0.25, 0.3) is 0 Å². The van der Waals surface area contributed by atoms with E-state index < -0.39 is 24.7 Å². The van der Waals surface area contributed by atoms with E-state index in [1.54, 1.807) is 6.92 Å². The first-order chi connectivity index (χ1) is 9.17. The average molecular weight is 297 g/mol. The standard InChI is InChI=1S/C12H22F3N3O2/c1-9-5-17(3-4-18(9)6-10(2)19)7-11(20)16-8-12(13,14)15/h9-10,19H,3-8H2,1-2H3,(H,16,20)/t9-,10-/m1/s1. The van der Waals surface area contributed by atoms with Gasteiger partial charge in [-0.05, 0) is 13.8 Å². The number of aliphatic hydroxyl groups excluding tert-OH is 1. The minimum absolute atomic E-state index is 0.0249. The smallest absolute Gasteiger partial charge is 0.392 e. The van der Waals surface area contributed by atoms with Crippen LogP contribution in [-0.2, 0) is 4.79 Å². The van der Waals surface area contributed by atoms with E-state index in [1.807, 2.05) is 17.1 Å². The lowest BCUT2D eigenvalue weighted by molar-refractivity contribution is -0.139. The third-order valence-electron chi connectivity index (χ3n) is 3.20. The number of halogens is 3. The number of hydrogen-bond donors (Lipinski definition) is 2. The fourth-order valence-electron chi connectivity index (χ4n) is 2.28. The molecule has 0 aromatic carbocycles. The van der Waals surface area contributed by atoms with Crippen molar-refractivity contribution in [2.45, 2.75) is 32.2 Å². The van der Waals surface area contributed by atoms with Crippen LogP contribution in [0.2, 0.25) is 0 Å². The van der Waals surface area contributed by atoms with Crippen LogP contribution in [0, 0.1) is 0 Å². The lowest BCUT2D eigenvalue weighted by atomic mass is 10.1. The molecule has 8 heteroatoms. The molecule has 0 spiro atoms. The van der Waals surface area contributed by atoms with Gasteiger partial charge in [0.05, 0.1) is 12.6 Å². The van der Waals surface area contributed by atoms with Crippen molar-refractivity contribution in [3.8, 4) is 0 Å². The van der Waals surface area contributed by atoms with Crippen LogP contribution in [0.4, 0.5) is 13.2 Å². The Morgan fingerprint density at radius 3 is 2.60 bits per heavy atom. The lowest BCUT2D eigenvalue weighted by Crippen LogP contribution is -2.55. The van der Waals surface area contributed by atoms with Gasteiger partial charge in [0, 0.05) is 32.2 Å². The van der Waals surface area contributed by atoms with Crippen LogP contribution in [0.3, 0.4) is 0 Å². The van der Waals surface area contributed by atoms with Crippen molar-refractivity contribution in [2.24, 2.45) is 0 Å². The molecule has 1 amide bonds. The largest absolute Gasteiger partial charge is 0.405 e. The molecule has 20 heavy (non-hydrogen) atoms. The number of nitrogens with zero attached hydrogens (tertiary/aromatic N) is 2. The van der Waals surface area contributed by atoms with Gasteiger partial charge in [0.2, 0.25) is 5.91 Å². The number of carbonyl (C=O) groups is 1. The monoisotopic (exact) mass is 297 g/mol. The maximum Gasteiger partial charge on any atom is 0.405 e. The van der Waals surface area contributed by atoms with Gasteiger partial charge in [-0.3, -0.25) is 14.6 Å². The number of hydrogen-bond acceptors (Lipinski definition) is 4. The fraction of sp³-hybridized carbons (Fsp3) is 0.917. The minimum atomic E-state index is -4.38. The summed E-state index contributed by atoms with van der Waals surface area (Å²) in [6.07, 6.45) is -4.79. The van der Waals surface area contributed by atoms with Crippen LogP contribution in [0.25, 0.3) is 0 Å². The average Bonchev–Trinajstić information content (AvgIpc) is 2.29. The van der Waals surface area contributed by atoms with Crippen molar-refractivity contribution in [3.05, 3.63) is 0 Å². The van der Waals surface area contributed by atoms with Gasteiger partial charge < -0.3 is 10.4 Å². The zero-order valence-corrected chi connectivity index (χ0v) is 11.8. The number of piperazine rings is 1. The summed E-state index contributed by atoms with van der Waals surface area (Å²) in [4.78, 5) is 15.4. The van der Waals surface area contributed by atoms with E-state index in [-0.39, 0.29) is 12.6 Å². The number of nitrogens with one attached hydrogen (secondary N) is 1. The molecule has 1 aliphatic heterocycles. The Kier molecular flexibility index (Phi) is 6.22. The Labute approximate surface area is 116 Å². The summed E-state index contributed by atoms with van der Waals surface area (Å²) in [5.74, 6) is -0.612. The first kappa shape index (κ1) is 17.2. The number of alkyl halides is 3. The van der Waals surface area contributed by atoms with E-state index in [4.69, 9.17) is 0 Å². The van der Waals surface area contributed by atoms with Crippen molar-refractivity contribution in [3.63, 3.8) is 0 Å². The quantitative estimate of drug-likeness (QED) is 0.753. The Morgan fingerprint density at radius 2 is 2.10 bits per heavy atom. The van der Waals surface area contributed by atoms with E-state index >= 15 is 0 Å². The van der Waals surface area contributed by atoms with E-state index in [0.29, 0.717) is 26.2 Å². The van der Waals surface area contributed by atoms with Crippen LogP contribution >= 0.6 is 0 Å². The van der Waals surface area contributed by atoms with Gasteiger partial charge in [-0.15, -0.1) is 0 Å². The summed E-state index contributed by atoms with van der Waals surface area (Å²) < 4.78 is 35.9. The van der Waals surface area contributed by atoms with Crippen molar-refractivity contribution < 1.29 is 23.1 Å². The number of carbonyl (C=O) groups excluding carboxylic acids is 1. The first-order valence-electron chi connectivity index (χ1n) is 6.65. The number of rotatable bonds is 5. The van der Waals surface area contributed by atoms with Crippen molar-refractivity contribution in [2.75, 3.05) is 39.3 Å². The molecule has 1 fully saturated rings. The molecule has 0 saturated carbocycles. The summed E-state index contributed by atoms with van der Waals surface area (Å²) in [5, 5.41) is 11.2. The topological polar surface area (TPSA) is 55.8 Å². The SMILES string of the molecule is C[C@@H]1CN(CC(=O)NCC(F)(F)F)CCN1C[C@@H](C)O. The zero-order chi connectivity index (χ0) is 15.3. The lowest BCUT2D eigenvalue weighted by Gasteiger charge is -2.40. The van der Waals surface area contributed by atoms with Gasteiger partial charge in [-0.2, -0.15) is 13.2 Å². The number of amides is 1. The van der Waals surface area contributed by atoms with Crippen molar-refractivity contribution >= 4 is 5.91 Å². The van der Waals surface area contributed by atoms with E-state index in [2.05, 4.69) is 4.90 Å². The van der Waals surface area contributed by atoms with Crippen molar-refractivity contribution in [1.82, 2.24) is 15.1 Å². The molecule has 0 aromatic rings. The fourth-order valence-corrected chi connectivity index (χ4v) is 2.28. The molecule has 1 saturated heterocycles. The molecule has 2 N–H and O–H groups in total. The van der Waals surface area contributed by atoms with Gasteiger partial charge in [0.1, 0.15) is 6.54 Å². The molecule has 0 radical (unpaired) electrons. The summed E-state index contributed by atoms with van der Waals surface area (Å²) in [7, 11) is 0. The Bertz CT molecular complexity index is 324. The summed E-state index contributed by atoms with van der Waals surface area (Å²) >= 11 is 0. The summed E-state index contributed by atoms with van der Waals surface area (Å²) in [5.41, 5.74) is 0. The second-order valence-electron chi connectivity index (χ2n) is 5.32. The maximum atomic E-state index is 12.0. The van der Waals surface area contributed by atoms with Gasteiger partial charge in [-0.1, -0.05) is 0 Å². The highest BCUT2D eigenvalue weighted by atomic mass is 19.4. The Hall–Kier alpha value is -0.860. The maximum absolute atomic E-state index is 12.0. The molecule has 118 valence electrons. The van der Waals surface area contributed by atoms with Crippen molar-refractivity contribution in [1.29, 1.82) is 0 Å². The Balaban J connectivity index is 2.31. The predicted octanol–water partition coefficient (Wildman–Crippen LogP) is 0.0518. The molecule has 0 aliphatic carbocycles. The van der Waals surface area contributed by atoms with Crippen LogP contribution in [-0.4, -0.2) is 78.4 Å². The van der Waals surface area contributed by atoms with E-state index in [0.717, 1.165) is 0 Å². The highest BCUT2D eigenvalue weighted by molar-refractivity contribution is 5.78. The highest BCUT2D eigenvalue weighted by Gasteiger charge is 2.29. The molecule has 0 aromatic heterocycles. The molecular weight excluding hydrogens is 275 g/mol. The van der Waals surface area contributed by atoms with Gasteiger partial charge >= 0.3 is 6.18 Å². The summed E-state index contributed by atoms with van der Waals surface area (Å²) in [6, 6.07) is 0.161. The normalized spacial score (nSPS) is 23.6. The molecule has 2 atom stereocenters.